The Bertz CT molecular complexity index is 419. The molecule has 3 rings (SSSR count). The van der Waals surface area contributed by atoms with E-state index < -0.39 is 0 Å². The van der Waals surface area contributed by atoms with E-state index in [4.69, 9.17) is 0 Å². The number of halogens is 2. The molecule has 0 radical (unpaired) electrons. The second-order valence-electron chi connectivity index (χ2n) is 4.22. The average Bonchev–Trinajstić information content (AvgIpc) is 2.67. The summed E-state index contributed by atoms with van der Waals surface area (Å²) >= 11 is 8.25. The molecule has 6 heteroatoms. The number of rotatable bonds is 2. The molecule has 1 amide bonds. The third-order valence-corrected chi connectivity index (χ3v) is 6.51. The van der Waals surface area contributed by atoms with Crippen LogP contribution in [-0.2, 0) is 0 Å². The Labute approximate surface area is 114 Å². The molecule has 2 heterocycles. The summed E-state index contributed by atoms with van der Waals surface area (Å²) in [6.07, 6.45) is 0. The molecule has 1 aliphatic heterocycles. The van der Waals surface area contributed by atoms with E-state index in [2.05, 4.69) is 42.5 Å². The summed E-state index contributed by atoms with van der Waals surface area (Å²) < 4.78 is 1.91. The van der Waals surface area contributed by atoms with Crippen LogP contribution >= 0.6 is 43.2 Å². The van der Waals surface area contributed by atoms with Crippen molar-refractivity contribution in [3.63, 3.8) is 0 Å². The summed E-state index contributed by atoms with van der Waals surface area (Å²) in [5.74, 6) is 1.38. The molecule has 0 spiro atoms. The number of nitrogens with one attached hydrogen (secondary N) is 2. The molecule has 1 saturated heterocycles. The van der Waals surface area contributed by atoms with Crippen molar-refractivity contribution >= 4 is 49.1 Å². The first-order chi connectivity index (χ1) is 7.66. The van der Waals surface area contributed by atoms with Crippen LogP contribution in [0.1, 0.15) is 9.67 Å². The van der Waals surface area contributed by atoms with E-state index in [1.807, 2.05) is 6.07 Å². The van der Waals surface area contributed by atoms with E-state index >= 15 is 0 Å². The van der Waals surface area contributed by atoms with Crippen LogP contribution in [0.25, 0.3) is 0 Å². The molecule has 0 aromatic carbocycles. The van der Waals surface area contributed by atoms with Gasteiger partial charge in [-0.1, -0.05) is 0 Å². The van der Waals surface area contributed by atoms with Crippen molar-refractivity contribution in [3.8, 4) is 0 Å². The lowest BCUT2D eigenvalue weighted by molar-refractivity contribution is 0.0950. The Morgan fingerprint density at radius 3 is 2.69 bits per heavy atom. The summed E-state index contributed by atoms with van der Waals surface area (Å²) in [6.45, 7) is 2.10. The van der Waals surface area contributed by atoms with Gasteiger partial charge in [0.25, 0.3) is 5.91 Å². The lowest BCUT2D eigenvalue weighted by Gasteiger charge is -2.05. The van der Waals surface area contributed by atoms with Gasteiger partial charge in [-0.15, -0.1) is 11.3 Å². The quantitative estimate of drug-likeness (QED) is 0.843. The largest absolute Gasteiger partial charge is 0.348 e. The zero-order valence-corrected chi connectivity index (χ0v) is 12.3. The highest BCUT2D eigenvalue weighted by Gasteiger charge is 2.53. The molecule has 1 aromatic rings. The van der Waals surface area contributed by atoms with Gasteiger partial charge >= 0.3 is 0 Å². The van der Waals surface area contributed by atoms with Crippen LogP contribution < -0.4 is 10.6 Å². The molecule has 2 aliphatic rings. The number of amides is 1. The molecule has 2 N–H and O–H groups in total. The van der Waals surface area contributed by atoms with Crippen molar-refractivity contribution in [3.05, 3.63) is 19.2 Å². The maximum absolute atomic E-state index is 11.9. The number of fused-ring (bicyclic) bond motifs is 1. The standard InChI is InChI=1S/C10H10Br2N2OS/c11-6-1-7(16-9(6)12)10(15)14-8-4-2-13-3-5(4)8/h1,4-5,8,13H,2-3H2,(H,14,15). The van der Waals surface area contributed by atoms with Crippen LogP contribution in [0.3, 0.4) is 0 Å². The fourth-order valence-corrected chi connectivity index (χ4v) is 4.25. The first kappa shape index (κ1) is 11.2. The number of hydrogen-bond donors (Lipinski definition) is 2. The van der Waals surface area contributed by atoms with E-state index in [1.165, 1.54) is 11.3 Å². The highest BCUT2D eigenvalue weighted by atomic mass is 79.9. The third-order valence-electron chi connectivity index (χ3n) is 3.26. The molecule has 1 aliphatic carbocycles. The molecule has 0 bridgehead atoms. The smallest absolute Gasteiger partial charge is 0.261 e. The fraction of sp³-hybridized carbons (Fsp3) is 0.500. The first-order valence-corrected chi connectivity index (χ1v) is 7.53. The normalized spacial score (nSPS) is 31.2. The predicted octanol–water partition coefficient (Wildman–Crippen LogP) is 2.22. The molecule has 1 saturated carbocycles. The van der Waals surface area contributed by atoms with Gasteiger partial charge in [0.2, 0.25) is 0 Å². The minimum Gasteiger partial charge on any atom is -0.348 e. The molecule has 1 aromatic heterocycles. The van der Waals surface area contributed by atoms with Crippen molar-refractivity contribution in [2.75, 3.05) is 13.1 Å². The van der Waals surface area contributed by atoms with E-state index in [0.29, 0.717) is 17.9 Å². The summed E-state index contributed by atoms with van der Waals surface area (Å²) in [6, 6.07) is 2.26. The Balaban J connectivity index is 1.65. The van der Waals surface area contributed by atoms with Crippen molar-refractivity contribution in [1.82, 2.24) is 10.6 Å². The fourth-order valence-electron chi connectivity index (χ4n) is 2.31. The Kier molecular flexibility index (Phi) is 2.86. The van der Waals surface area contributed by atoms with Gasteiger partial charge in [-0.2, -0.15) is 0 Å². The monoisotopic (exact) mass is 364 g/mol. The number of piperidine rings is 1. The zero-order chi connectivity index (χ0) is 11.3. The maximum Gasteiger partial charge on any atom is 0.261 e. The van der Waals surface area contributed by atoms with Gasteiger partial charge in [-0.3, -0.25) is 4.79 Å². The van der Waals surface area contributed by atoms with Gasteiger partial charge in [0, 0.05) is 23.6 Å². The molecule has 2 fully saturated rings. The highest BCUT2D eigenvalue weighted by Crippen LogP contribution is 2.42. The number of carbonyl (C=O) groups excluding carboxylic acids is 1. The predicted molar refractivity (Wildman–Crippen MR) is 70.8 cm³/mol. The number of hydrogen-bond acceptors (Lipinski definition) is 3. The van der Waals surface area contributed by atoms with Crippen LogP contribution in [0.15, 0.2) is 14.3 Å². The minimum atomic E-state index is 0.0517. The topological polar surface area (TPSA) is 41.1 Å². The van der Waals surface area contributed by atoms with Crippen LogP contribution in [0.5, 0.6) is 0 Å². The van der Waals surface area contributed by atoms with Gasteiger partial charge in [-0.25, -0.2) is 0 Å². The molecule has 16 heavy (non-hydrogen) atoms. The van der Waals surface area contributed by atoms with E-state index in [9.17, 15) is 4.79 Å². The van der Waals surface area contributed by atoms with E-state index in [1.54, 1.807) is 0 Å². The molecular formula is C10H10Br2N2OS. The summed E-state index contributed by atoms with van der Waals surface area (Å²) in [5.41, 5.74) is 0. The lowest BCUT2D eigenvalue weighted by Crippen LogP contribution is -2.32. The van der Waals surface area contributed by atoms with Gasteiger partial charge in [0.1, 0.15) is 0 Å². The Hall–Kier alpha value is 0.0900. The van der Waals surface area contributed by atoms with Crippen LogP contribution in [0, 0.1) is 11.8 Å². The molecule has 2 atom stereocenters. The summed E-state index contributed by atoms with van der Waals surface area (Å²) in [7, 11) is 0. The van der Waals surface area contributed by atoms with E-state index in [0.717, 1.165) is 26.2 Å². The molecule has 3 nitrogen and oxygen atoms in total. The van der Waals surface area contributed by atoms with Crippen molar-refractivity contribution in [1.29, 1.82) is 0 Å². The SMILES string of the molecule is O=C(NC1C2CNCC21)c1cc(Br)c(Br)s1. The van der Waals surface area contributed by atoms with Crippen molar-refractivity contribution in [2.24, 2.45) is 11.8 Å². The summed E-state index contributed by atoms with van der Waals surface area (Å²) in [4.78, 5) is 12.7. The lowest BCUT2D eigenvalue weighted by atomic mass is 10.4. The number of thiophene rings is 1. The van der Waals surface area contributed by atoms with E-state index in [-0.39, 0.29) is 5.91 Å². The van der Waals surface area contributed by atoms with Crippen LogP contribution in [0.2, 0.25) is 0 Å². The maximum atomic E-state index is 11.9. The Morgan fingerprint density at radius 1 is 1.44 bits per heavy atom. The first-order valence-electron chi connectivity index (χ1n) is 5.13. The third kappa shape index (κ3) is 1.85. The number of carbonyl (C=O) groups is 1. The van der Waals surface area contributed by atoms with Crippen LogP contribution in [-0.4, -0.2) is 25.0 Å². The van der Waals surface area contributed by atoms with Gasteiger partial charge in [-0.05, 0) is 49.8 Å². The Morgan fingerprint density at radius 2 is 2.12 bits per heavy atom. The molecule has 2 unspecified atom stereocenters. The minimum absolute atomic E-state index is 0.0517. The van der Waals surface area contributed by atoms with Gasteiger partial charge in [0.15, 0.2) is 0 Å². The molecule has 86 valence electrons. The van der Waals surface area contributed by atoms with Crippen molar-refractivity contribution < 1.29 is 4.79 Å². The summed E-state index contributed by atoms with van der Waals surface area (Å²) in [5, 5.41) is 6.42. The second-order valence-corrected chi connectivity index (χ2v) is 7.44. The highest BCUT2D eigenvalue weighted by molar-refractivity contribution is 9.13. The average molecular weight is 366 g/mol. The second kappa shape index (κ2) is 4.08. The van der Waals surface area contributed by atoms with Crippen molar-refractivity contribution in [2.45, 2.75) is 6.04 Å². The van der Waals surface area contributed by atoms with Crippen LogP contribution in [0.4, 0.5) is 0 Å². The molecular weight excluding hydrogens is 356 g/mol. The zero-order valence-electron chi connectivity index (χ0n) is 8.30. The van der Waals surface area contributed by atoms with Gasteiger partial charge in [0.05, 0.1) is 8.66 Å². The van der Waals surface area contributed by atoms with Gasteiger partial charge < -0.3 is 10.6 Å².